The van der Waals surface area contributed by atoms with Gasteiger partial charge >= 0.3 is 0 Å². The van der Waals surface area contributed by atoms with Gasteiger partial charge in [-0.3, -0.25) is 4.98 Å². The number of nitrogens with two attached hydrogens (primary N) is 2. The Bertz CT molecular complexity index is 1090. The first-order valence-electron chi connectivity index (χ1n) is 8.64. The van der Waals surface area contributed by atoms with Crippen LogP contribution < -0.4 is 16.4 Å². The second kappa shape index (κ2) is 6.46. The van der Waals surface area contributed by atoms with Crippen molar-refractivity contribution in [2.24, 2.45) is 5.73 Å². The standard InChI is InChI=1S/C17H21N7O2S/c1-27(25,26)12-4-5-13(20-8-12)14-7-15(23-6-2-3-11(18)9-23)16-17(19)21-10-22-24(14)16/h4-5,7-8,10-11H,2-3,6,9,18H2,1H3,(H2,19,21,22)/t11-/m1/s1. The Morgan fingerprint density at radius 3 is 2.74 bits per heavy atom. The first-order chi connectivity index (χ1) is 12.8. The number of pyridine rings is 1. The third kappa shape index (κ3) is 3.21. The number of nitrogens with zero attached hydrogens (tertiary/aromatic N) is 5. The van der Waals surface area contributed by atoms with E-state index < -0.39 is 9.84 Å². The average Bonchev–Trinajstić information content (AvgIpc) is 3.02. The number of hydrogen-bond acceptors (Lipinski definition) is 8. The van der Waals surface area contributed by atoms with Crippen LogP contribution in [0.15, 0.2) is 35.6 Å². The largest absolute Gasteiger partial charge is 0.382 e. The number of hydrogen-bond donors (Lipinski definition) is 2. The quantitative estimate of drug-likeness (QED) is 0.671. The van der Waals surface area contributed by atoms with Gasteiger partial charge in [0.2, 0.25) is 0 Å². The normalized spacial score (nSPS) is 18.1. The van der Waals surface area contributed by atoms with Gasteiger partial charge in [-0.1, -0.05) is 0 Å². The fraction of sp³-hybridized carbons (Fsp3) is 0.353. The minimum atomic E-state index is -3.31. The molecule has 0 aromatic carbocycles. The van der Waals surface area contributed by atoms with Crippen molar-refractivity contribution >= 4 is 26.9 Å². The average molecular weight is 387 g/mol. The smallest absolute Gasteiger partial charge is 0.177 e. The minimum Gasteiger partial charge on any atom is -0.382 e. The molecule has 1 fully saturated rings. The molecule has 0 saturated carbocycles. The van der Waals surface area contributed by atoms with Crippen LogP contribution in [0.25, 0.3) is 16.9 Å². The maximum Gasteiger partial charge on any atom is 0.177 e. The van der Waals surface area contributed by atoms with Gasteiger partial charge in [0.25, 0.3) is 0 Å². The number of fused-ring (bicyclic) bond motifs is 1. The molecular weight excluding hydrogens is 366 g/mol. The molecule has 1 atom stereocenters. The maximum atomic E-state index is 11.7. The fourth-order valence-corrected chi connectivity index (χ4v) is 4.01. The molecule has 4 N–H and O–H groups in total. The summed E-state index contributed by atoms with van der Waals surface area (Å²) in [6, 6.07) is 5.27. The lowest BCUT2D eigenvalue weighted by Crippen LogP contribution is -2.42. The topological polar surface area (TPSA) is 132 Å². The van der Waals surface area contributed by atoms with Crippen LogP contribution >= 0.6 is 0 Å². The molecule has 4 rings (SSSR count). The molecule has 0 radical (unpaired) electrons. The maximum absolute atomic E-state index is 11.7. The van der Waals surface area contributed by atoms with E-state index in [4.69, 9.17) is 11.5 Å². The Balaban J connectivity index is 1.85. The van der Waals surface area contributed by atoms with Crippen molar-refractivity contribution < 1.29 is 8.42 Å². The van der Waals surface area contributed by atoms with Crippen molar-refractivity contribution in [1.82, 2.24) is 19.6 Å². The van der Waals surface area contributed by atoms with Crippen LogP contribution in [0.3, 0.4) is 0 Å². The van der Waals surface area contributed by atoms with Gasteiger partial charge in [0.15, 0.2) is 15.7 Å². The molecule has 0 aliphatic carbocycles. The zero-order chi connectivity index (χ0) is 19.2. The monoisotopic (exact) mass is 387 g/mol. The number of sulfone groups is 1. The zero-order valence-corrected chi connectivity index (χ0v) is 15.7. The Morgan fingerprint density at radius 1 is 1.26 bits per heavy atom. The summed E-state index contributed by atoms with van der Waals surface area (Å²) in [5, 5.41) is 4.33. The van der Waals surface area contributed by atoms with Crippen LogP contribution in [0.2, 0.25) is 0 Å². The summed E-state index contributed by atoms with van der Waals surface area (Å²) < 4.78 is 25.1. The first kappa shape index (κ1) is 17.7. The molecule has 0 amide bonds. The van der Waals surface area contributed by atoms with Crippen LogP contribution in [0.5, 0.6) is 0 Å². The van der Waals surface area contributed by atoms with Gasteiger partial charge in [0, 0.05) is 31.6 Å². The van der Waals surface area contributed by atoms with Crippen LogP contribution in [0.1, 0.15) is 12.8 Å². The van der Waals surface area contributed by atoms with E-state index in [-0.39, 0.29) is 10.9 Å². The highest BCUT2D eigenvalue weighted by Crippen LogP contribution is 2.34. The molecule has 1 saturated heterocycles. The van der Waals surface area contributed by atoms with E-state index in [1.54, 1.807) is 10.6 Å². The number of aromatic nitrogens is 4. The summed E-state index contributed by atoms with van der Waals surface area (Å²) >= 11 is 0. The fourth-order valence-electron chi connectivity index (χ4n) is 3.45. The minimum absolute atomic E-state index is 0.107. The first-order valence-corrected chi connectivity index (χ1v) is 10.5. The molecule has 4 heterocycles. The van der Waals surface area contributed by atoms with Gasteiger partial charge in [-0.2, -0.15) is 5.10 Å². The van der Waals surface area contributed by atoms with E-state index in [2.05, 4.69) is 20.0 Å². The molecule has 3 aromatic heterocycles. The van der Waals surface area contributed by atoms with Gasteiger partial charge in [-0.15, -0.1) is 0 Å². The van der Waals surface area contributed by atoms with E-state index in [0.29, 0.717) is 22.7 Å². The number of nitrogen functional groups attached to an aromatic ring is 1. The SMILES string of the molecule is CS(=O)(=O)c1ccc(-c2cc(N3CCC[C@@H](N)C3)c3c(N)ncnn23)nc1. The number of piperidine rings is 1. The molecule has 3 aromatic rings. The number of rotatable bonds is 3. The summed E-state index contributed by atoms with van der Waals surface area (Å²) in [7, 11) is -3.31. The third-order valence-corrected chi connectivity index (χ3v) is 5.89. The van der Waals surface area contributed by atoms with Crippen molar-refractivity contribution in [2.75, 3.05) is 30.0 Å². The second-order valence-corrected chi connectivity index (χ2v) is 8.84. The van der Waals surface area contributed by atoms with Gasteiger partial charge < -0.3 is 16.4 Å². The predicted molar refractivity (Wildman–Crippen MR) is 103 cm³/mol. The summed E-state index contributed by atoms with van der Waals surface area (Å²) in [6.07, 6.45) is 5.90. The number of anilines is 2. The molecule has 9 nitrogen and oxygen atoms in total. The van der Waals surface area contributed by atoms with E-state index in [0.717, 1.165) is 37.9 Å². The van der Waals surface area contributed by atoms with Crippen molar-refractivity contribution in [1.29, 1.82) is 0 Å². The van der Waals surface area contributed by atoms with Gasteiger partial charge in [-0.05, 0) is 31.0 Å². The Labute approximate surface area is 156 Å². The second-order valence-electron chi connectivity index (χ2n) is 6.82. The Hall–Kier alpha value is -2.72. The van der Waals surface area contributed by atoms with Gasteiger partial charge in [-0.25, -0.2) is 17.9 Å². The van der Waals surface area contributed by atoms with Crippen molar-refractivity contribution in [3.8, 4) is 11.4 Å². The Kier molecular flexibility index (Phi) is 4.23. The van der Waals surface area contributed by atoms with Crippen molar-refractivity contribution in [2.45, 2.75) is 23.8 Å². The summed E-state index contributed by atoms with van der Waals surface area (Å²) in [6.45, 7) is 1.61. The molecule has 0 bridgehead atoms. The molecular formula is C17H21N7O2S. The lowest BCUT2D eigenvalue weighted by atomic mass is 10.1. The van der Waals surface area contributed by atoms with Gasteiger partial charge in [0.05, 0.1) is 22.0 Å². The zero-order valence-electron chi connectivity index (χ0n) is 14.9. The van der Waals surface area contributed by atoms with Gasteiger partial charge in [0.1, 0.15) is 11.8 Å². The molecule has 142 valence electrons. The molecule has 0 spiro atoms. The summed E-state index contributed by atoms with van der Waals surface area (Å²) in [5.41, 5.74) is 15.2. The molecule has 1 aliphatic heterocycles. The summed E-state index contributed by atoms with van der Waals surface area (Å²) in [4.78, 5) is 10.8. The lowest BCUT2D eigenvalue weighted by molar-refractivity contribution is 0.507. The van der Waals surface area contributed by atoms with Crippen LogP contribution in [0, 0.1) is 0 Å². The molecule has 10 heteroatoms. The molecule has 27 heavy (non-hydrogen) atoms. The van der Waals surface area contributed by atoms with Crippen molar-refractivity contribution in [3.63, 3.8) is 0 Å². The Morgan fingerprint density at radius 2 is 2.07 bits per heavy atom. The van der Waals surface area contributed by atoms with E-state index in [9.17, 15) is 8.42 Å². The highest BCUT2D eigenvalue weighted by atomic mass is 32.2. The third-order valence-electron chi connectivity index (χ3n) is 4.79. The lowest BCUT2D eigenvalue weighted by Gasteiger charge is -2.32. The molecule has 1 aliphatic rings. The molecule has 0 unspecified atom stereocenters. The van der Waals surface area contributed by atoms with Crippen LogP contribution in [-0.2, 0) is 9.84 Å². The van der Waals surface area contributed by atoms with Crippen LogP contribution in [-0.4, -0.2) is 53.4 Å². The highest BCUT2D eigenvalue weighted by Gasteiger charge is 2.24. The van der Waals surface area contributed by atoms with E-state index in [1.807, 2.05) is 6.07 Å². The van der Waals surface area contributed by atoms with Crippen LogP contribution in [0.4, 0.5) is 11.5 Å². The van der Waals surface area contributed by atoms with Crippen molar-refractivity contribution in [3.05, 3.63) is 30.7 Å². The summed E-state index contributed by atoms with van der Waals surface area (Å²) in [5.74, 6) is 0.373. The predicted octanol–water partition coefficient (Wildman–Crippen LogP) is 0.705. The highest BCUT2D eigenvalue weighted by molar-refractivity contribution is 7.90. The van der Waals surface area contributed by atoms with E-state index >= 15 is 0 Å². The van der Waals surface area contributed by atoms with E-state index in [1.165, 1.54) is 18.6 Å².